The van der Waals surface area contributed by atoms with Crippen LogP contribution in [0.15, 0.2) is 75.0 Å². The maximum Gasteiger partial charge on any atom is 0.304 e. The summed E-state index contributed by atoms with van der Waals surface area (Å²) in [4.78, 5) is 26.0. The lowest BCUT2D eigenvalue weighted by atomic mass is 10.1. The largest absolute Gasteiger partial charge is 0.481 e. The minimum absolute atomic E-state index is 0.0750. The number of aromatic nitrogens is 4. The molecule has 0 radical (unpaired) electrons. The van der Waals surface area contributed by atoms with Crippen LogP contribution in [0.25, 0.3) is 32.4 Å². The van der Waals surface area contributed by atoms with E-state index in [1.807, 2.05) is 38.1 Å². The summed E-state index contributed by atoms with van der Waals surface area (Å²) >= 11 is 2.33. The molecular weight excluding hydrogens is 583 g/mol. The van der Waals surface area contributed by atoms with E-state index in [0.29, 0.717) is 28.7 Å². The number of ether oxygens (including phenoxy) is 1. The Morgan fingerprint density at radius 1 is 1.00 bits per heavy atom. The van der Waals surface area contributed by atoms with E-state index in [1.54, 1.807) is 53.5 Å². The van der Waals surface area contributed by atoms with Gasteiger partial charge in [-0.2, -0.15) is 8.42 Å². The standard InChI is InChI=1S/C21H18N2O4S2.C7H7N3OS/c1-13-11-19-17(14(2)22-13)7-8-20(24)23(19)12-15-3-5-16(6-4-15)18-9-10-28-21(18)29(25,26)27;1-11-5-3-2-4-6(10-5)12-7(8)9-4/h3-11H,12H2,1-2H3,(H,25,26,27);2-3H,1H3,(H2,8,9). The van der Waals surface area contributed by atoms with E-state index < -0.39 is 10.1 Å². The van der Waals surface area contributed by atoms with Crippen LogP contribution in [0.4, 0.5) is 5.13 Å². The van der Waals surface area contributed by atoms with Crippen molar-refractivity contribution in [1.82, 2.24) is 19.5 Å². The molecule has 6 rings (SSSR count). The summed E-state index contributed by atoms with van der Waals surface area (Å²) in [5.74, 6) is 0.589. The highest BCUT2D eigenvalue weighted by Crippen LogP contribution is 2.32. The van der Waals surface area contributed by atoms with Crippen molar-refractivity contribution in [3.63, 3.8) is 0 Å². The molecule has 0 aliphatic rings. The smallest absolute Gasteiger partial charge is 0.304 e. The summed E-state index contributed by atoms with van der Waals surface area (Å²) < 4.78 is 39.0. The summed E-state index contributed by atoms with van der Waals surface area (Å²) in [5, 5.41) is 3.09. The number of benzene rings is 1. The molecule has 0 bridgehead atoms. The first-order valence-corrected chi connectivity index (χ1v) is 15.4. The zero-order valence-electron chi connectivity index (χ0n) is 22.2. The quantitative estimate of drug-likeness (QED) is 0.248. The molecule has 5 heterocycles. The first kappa shape index (κ1) is 28.4. The van der Waals surface area contributed by atoms with Gasteiger partial charge in [0.1, 0.15) is 10.3 Å². The highest BCUT2D eigenvalue weighted by Gasteiger charge is 2.18. The van der Waals surface area contributed by atoms with Crippen molar-refractivity contribution in [2.45, 2.75) is 24.6 Å². The molecule has 0 spiro atoms. The second-order valence-electron chi connectivity index (χ2n) is 9.06. The van der Waals surface area contributed by atoms with Crippen LogP contribution in [0, 0.1) is 13.8 Å². The molecule has 10 nitrogen and oxygen atoms in total. The van der Waals surface area contributed by atoms with Gasteiger partial charge in [0.15, 0.2) is 9.34 Å². The van der Waals surface area contributed by atoms with Crippen LogP contribution in [0.2, 0.25) is 0 Å². The Morgan fingerprint density at radius 2 is 1.76 bits per heavy atom. The fraction of sp³-hybridized carbons (Fsp3) is 0.143. The fourth-order valence-corrected chi connectivity index (χ4v) is 6.84. The Bertz CT molecular complexity index is 2050. The van der Waals surface area contributed by atoms with Crippen LogP contribution in [0.1, 0.15) is 17.0 Å². The molecule has 0 fully saturated rings. The number of fused-ring (bicyclic) bond motifs is 2. The predicted octanol–water partition coefficient (Wildman–Crippen LogP) is 5.32. The Hall–Kier alpha value is -4.17. The number of hydrogen-bond acceptors (Lipinski definition) is 10. The molecule has 0 amide bonds. The Kier molecular flexibility index (Phi) is 7.87. The molecule has 0 unspecified atom stereocenters. The van der Waals surface area contributed by atoms with Crippen molar-refractivity contribution in [2.75, 3.05) is 12.8 Å². The molecule has 13 heteroatoms. The van der Waals surface area contributed by atoms with Crippen LogP contribution < -0.4 is 16.0 Å². The number of nitrogens with zero attached hydrogens (tertiary/aromatic N) is 4. The highest BCUT2D eigenvalue weighted by molar-refractivity contribution is 7.88. The van der Waals surface area contributed by atoms with Crippen molar-refractivity contribution in [2.24, 2.45) is 0 Å². The minimum atomic E-state index is -4.27. The first-order chi connectivity index (χ1) is 19.5. The maximum absolute atomic E-state index is 12.5. The topological polar surface area (TPSA) is 150 Å². The zero-order valence-corrected chi connectivity index (χ0v) is 24.7. The molecule has 210 valence electrons. The van der Waals surface area contributed by atoms with Crippen LogP contribution >= 0.6 is 22.7 Å². The van der Waals surface area contributed by atoms with Gasteiger partial charge in [-0.15, -0.1) is 11.3 Å². The molecule has 5 aromatic heterocycles. The summed E-state index contributed by atoms with van der Waals surface area (Å²) in [6.45, 7) is 4.21. The van der Waals surface area contributed by atoms with Gasteiger partial charge < -0.3 is 15.0 Å². The predicted molar refractivity (Wildman–Crippen MR) is 163 cm³/mol. The molecule has 0 saturated carbocycles. The number of methoxy groups -OCH3 is 1. The van der Waals surface area contributed by atoms with Crippen LogP contribution in [-0.4, -0.2) is 39.6 Å². The molecule has 0 aliphatic carbocycles. The highest BCUT2D eigenvalue weighted by atomic mass is 32.3. The van der Waals surface area contributed by atoms with Crippen molar-refractivity contribution >= 4 is 59.2 Å². The van der Waals surface area contributed by atoms with Gasteiger partial charge in [-0.25, -0.2) is 9.97 Å². The average molecular weight is 608 g/mol. The van der Waals surface area contributed by atoms with Gasteiger partial charge >= 0.3 is 10.1 Å². The van der Waals surface area contributed by atoms with Gasteiger partial charge in [0.05, 0.1) is 19.2 Å². The lowest BCUT2D eigenvalue weighted by Gasteiger charge is -2.13. The Labute approximate surface area is 243 Å². The van der Waals surface area contributed by atoms with Gasteiger partial charge in [-0.05, 0) is 54.6 Å². The third-order valence-electron chi connectivity index (χ3n) is 6.23. The number of aryl methyl sites for hydroxylation is 2. The number of hydrogen-bond donors (Lipinski definition) is 2. The van der Waals surface area contributed by atoms with Gasteiger partial charge in [0.25, 0.3) is 5.56 Å². The lowest BCUT2D eigenvalue weighted by molar-refractivity contribution is 0.400. The van der Waals surface area contributed by atoms with Gasteiger partial charge in [0, 0.05) is 34.5 Å². The second-order valence-corrected chi connectivity index (χ2v) is 12.6. The Morgan fingerprint density at radius 3 is 2.46 bits per heavy atom. The average Bonchev–Trinajstić information content (AvgIpc) is 3.57. The molecule has 0 atom stereocenters. The second kappa shape index (κ2) is 11.4. The molecular formula is C28H25N5O5S3. The van der Waals surface area contributed by atoms with E-state index >= 15 is 0 Å². The number of rotatable bonds is 5. The van der Waals surface area contributed by atoms with Crippen LogP contribution in [0.5, 0.6) is 5.88 Å². The van der Waals surface area contributed by atoms with Crippen molar-refractivity contribution in [3.05, 3.63) is 93.3 Å². The van der Waals surface area contributed by atoms with Crippen LogP contribution in [-0.2, 0) is 16.7 Å². The van der Waals surface area contributed by atoms with Gasteiger partial charge in [-0.1, -0.05) is 35.6 Å². The van der Waals surface area contributed by atoms with E-state index in [-0.39, 0.29) is 9.77 Å². The molecule has 1 aromatic carbocycles. The number of nitrogens with two attached hydrogens (primary N) is 1. The van der Waals surface area contributed by atoms with E-state index in [9.17, 15) is 17.8 Å². The van der Waals surface area contributed by atoms with Crippen LogP contribution in [0.3, 0.4) is 0 Å². The third kappa shape index (κ3) is 6.12. The fourth-order valence-electron chi connectivity index (χ4n) is 4.39. The normalized spacial score (nSPS) is 11.4. The number of thiazole rings is 1. The molecule has 0 saturated heterocycles. The molecule has 0 aliphatic heterocycles. The van der Waals surface area contributed by atoms with Gasteiger partial charge in [-0.3, -0.25) is 14.3 Å². The summed E-state index contributed by atoms with van der Waals surface area (Å²) in [6.07, 6.45) is 0. The number of anilines is 1. The number of thiophene rings is 1. The lowest BCUT2D eigenvalue weighted by Crippen LogP contribution is -2.20. The molecule has 6 aromatic rings. The van der Waals surface area contributed by atoms with E-state index in [1.165, 1.54) is 11.3 Å². The van der Waals surface area contributed by atoms with Crippen molar-refractivity contribution in [3.8, 4) is 17.0 Å². The van der Waals surface area contributed by atoms with Crippen molar-refractivity contribution in [1.29, 1.82) is 0 Å². The first-order valence-electron chi connectivity index (χ1n) is 12.2. The molecule has 41 heavy (non-hydrogen) atoms. The number of pyridine rings is 3. The number of nitrogen functional groups attached to an aromatic ring is 1. The monoisotopic (exact) mass is 607 g/mol. The minimum Gasteiger partial charge on any atom is -0.481 e. The van der Waals surface area contributed by atoms with Gasteiger partial charge in [0.2, 0.25) is 5.88 Å². The SMILES string of the molecule is COc1ccc2nc(N)sc2n1.Cc1cc2c(ccc(=O)n2Cc2ccc(-c3ccsc3S(=O)(=O)O)cc2)c(C)n1. The van der Waals surface area contributed by atoms with Crippen molar-refractivity contribution < 1.29 is 17.7 Å². The van der Waals surface area contributed by atoms with E-state index in [4.69, 9.17) is 10.5 Å². The zero-order chi connectivity index (χ0) is 29.3. The maximum atomic E-state index is 12.5. The third-order valence-corrected chi connectivity index (χ3v) is 9.34. The summed E-state index contributed by atoms with van der Waals surface area (Å²) in [5.41, 5.74) is 10.8. The molecule has 3 N–H and O–H groups in total. The van der Waals surface area contributed by atoms with E-state index in [0.717, 1.165) is 49.5 Å². The summed E-state index contributed by atoms with van der Waals surface area (Å²) in [7, 11) is -2.69. The summed E-state index contributed by atoms with van der Waals surface area (Å²) in [6, 6.07) is 17.8. The Balaban J connectivity index is 0.000000234. The van der Waals surface area contributed by atoms with E-state index in [2.05, 4.69) is 15.0 Å².